The molecular formula is C8H5F3N2O. The van der Waals surface area contributed by atoms with E-state index in [1.54, 1.807) is 0 Å². The molecule has 2 heterocycles. The molecule has 0 aliphatic carbocycles. The summed E-state index contributed by atoms with van der Waals surface area (Å²) in [5.41, 5.74) is -1.08. The first-order valence-electron chi connectivity index (χ1n) is 3.78. The number of pyridine rings is 1. The monoisotopic (exact) mass is 202 g/mol. The lowest BCUT2D eigenvalue weighted by atomic mass is 10.4. The van der Waals surface area contributed by atoms with Crippen LogP contribution in [0.4, 0.5) is 13.2 Å². The lowest BCUT2D eigenvalue weighted by molar-refractivity contribution is 0.0487. The lowest BCUT2D eigenvalue weighted by Gasteiger charge is -2.03. The molecule has 0 fully saturated rings. The van der Waals surface area contributed by atoms with Gasteiger partial charge in [0, 0.05) is 12.3 Å². The number of nitrogens with zero attached hydrogens (tertiary/aromatic N) is 2. The van der Waals surface area contributed by atoms with Crippen molar-refractivity contribution in [1.29, 1.82) is 0 Å². The van der Waals surface area contributed by atoms with E-state index in [1.807, 2.05) is 0 Å². The Bertz CT molecular complexity index is 529. The standard InChI is InChI=1S/C8H5F3N2O/c9-5-2-1-3-12-6(5)4-7(14)13(12)8(10)11/h1-4,8H. The Morgan fingerprint density at radius 3 is 2.71 bits per heavy atom. The molecule has 74 valence electrons. The van der Waals surface area contributed by atoms with Crippen LogP contribution >= 0.6 is 0 Å². The van der Waals surface area contributed by atoms with E-state index in [2.05, 4.69) is 0 Å². The largest absolute Gasteiger partial charge is 0.335 e. The average Bonchev–Trinajstić information content (AvgIpc) is 2.42. The highest BCUT2D eigenvalue weighted by Gasteiger charge is 2.14. The van der Waals surface area contributed by atoms with Crippen molar-refractivity contribution in [2.24, 2.45) is 0 Å². The van der Waals surface area contributed by atoms with Crippen molar-refractivity contribution in [1.82, 2.24) is 9.20 Å². The maximum atomic E-state index is 13.0. The molecule has 0 saturated carbocycles. The van der Waals surface area contributed by atoms with E-state index in [0.29, 0.717) is 0 Å². The van der Waals surface area contributed by atoms with Crippen molar-refractivity contribution in [2.75, 3.05) is 0 Å². The third kappa shape index (κ3) is 1.11. The maximum absolute atomic E-state index is 13.0. The summed E-state index contributed by atoms with van der Waals surface area (Å²) < 4.78 is 38.7. The molecule has 6 heteroatoms. The first-order valence-corrected chi connectivity index (χ1v) is 3.78. The van der Waals surface area contributed by atoms with Gasteiger partial charge in [-0.15, -0.1) is 0 Å². The zero-order chi connectivity index (χ0) is 10.3. The van der Waals surface area contributed by atoms with E-state index in [-0.39, 0.29) is 10.2 Å². The number of hydrogen-bond donors (Lipinski definition) is 0. The Morgan fingerprint density at radius 1 is 1.36 bits per heavy atom. The smallest absolute Gasteiger partial charge is 0.268 e. The van der Waals surface area contributed by atoms with Crippen LogP contribution in [0.5, 0.6) is 0 Å². The summed E-state index contributed by atoms with van der Waals surface area (Å²) in [6.07, 6.45) is 1.20. The third-order valence-electron chi connectivity index (χ3n) is 1.86. The highest BCUT2D eigenvalue weighted by atomic mass is 19.3. The van der Waals surface area contributed by atoms with E-state index < -0.39 is 17.9 Å². The van der Waals surface area contributed by atoms with Crippen LogP contribution in [0.2, 0.25) is 0 Å². The van der Waals surface area contributed by atoms with Gasteiger partial charge in [0.2, 0.25) is 0 Å². The molecule has 0 N–H and O–H groups in total. The molecule has 0 saturated heterocycles. The van der Waals surface area contributed by atoms with Crippen molar-refractivity contribution >= 4 is 5.52 Å². The van der Waals surface area contributed by atoms with Gasteiger partial charge in [0.1, 0.15) is 11.3 Å². The van der Waals surface area contributed by atoms with Crippen molar-refractivity contribution in [2.45, 2.75) is 6.55 Å². The lowest BCUT2D eigenvalue weighted by Crippen LogP contribution is -2.19. The van der Waals surface area contributed by atoms with Crippen LogP contribution in [0.1, 0.15) is 6.55 Å². The minimum atomic E-state index is -2.98. The fraction of sp³-hybridized carbons (Fsp3) is 0.125. The quantitative estimate of drug-likeness (QED) is 0.690. The molecule has 0 amide bonds. The number of alkyl halides is 2. The van der Waals surface area contributed by atoms with Crippen LogP contribution in [0.3, 0.4) is 0 Å². The van der Waals surface area contributed by atoms with Gasteiger partial charge in [-0.05, 0) is 12.1 Å². The molecular weight excluding hydrogens is 197 g/mol. The number of aromatic nitrogens is 2. The van der Waals surface area contributed by atoms with Crippen molar-refractivity contribution in [3.8, 4) is 0 Å². The Balaban J connectivity index is 2.91. The van der Waals surface area contributed by atoms with Gasteiger partial charge in [0.15, 0.2) is 0 Å². The molecule has 14 heavy (non-hydrogen) atoms. The van der Waals surface area contributed by atoms with Gasteiger partial charge in [-0.2, -0.15) is 13.5 Å². The van der Waals surface area contributed by atoms with Crippen molar-refractivity contribution < 1.29 is 13.2 Å². The third-order valence-corrected chi connectivity index (χ3v) is 1.86. The second-order valence-electron chi connectivity index (χ2n) is 2.69. The SMILES string of the molecule is O=c1cc2c(F)cccn2n1C(F)F. The van der Waals surface area contributed by atoms with Crippen LogP contribution in [0.25, 0.3) is 5.52 Å². The van der Waals surface area contributed by atoms with Crippen LogP contribution in [-0.4, -0.2) is 9.20 Å². The molecule has 0 atom stereocenters. The van der Waals surface area contributed by atoms with Crippen LogP contribution in [-0.2, 0) is 0 Å². The number of fused-ring (bicyclic) bond motifs is 1. The summed E-state index contributed by atoms with van der Waals surface area (Å²) in [6, 6.07) is 3.19. The summed E-state index contributed by atoms with van der Waals surface area (Å²) in [7, 11) is 0. The predicted octanol–water partition coefficient (Wildman–Crippen LogP) is 1.64. The second-order valence-corrected chi connectivity index (χ2v) is 2.69. The summed E-state index contributed by atoms with van der Waals surface area (Å²) in [4.78, 5) is 11.0. The highest BCUT2D eigenvalue weighted by Crippen LogP contribution is 2.12. The fourth-order valence-electron chi connectivity index (χ4n) is 1.29. The van der Waals surface area contributed by atoms with Crippen LogP contribution in [0, 0.1) is 5.82 Å². The number of rotatable bonds is 1. The van der Waals surface area contributed by atoms with Gasteiger partial charge < -0.3 is 0 Å². The molecule has 0 aliphatic heterocycles. The molecule has 2 aromatic heterocycles. The molecule has 0 unspecified atom stereocenters. The molecule has 0 radical (unpaired) electrons. The van der Waals surface area contributed by atoms with E-state index in [1.165, 1.54) is 12.3 Å². The van der Waals surface area contributed by atoms with Gasteiger partial charge in [-0.25, -0.2) is 4.39 Å². The van der Waals surface area contributed by atoms with Gasteiger partial charge in [0.25, 0.3) is 5.56 Å². The van der Waals surface area contributed by atoms with Crippen LogP contribution < -0.4 is 5.56 Å². The van der Waals surface area contributed by atoms with Crippen molar-refractivity contribution in [3.63, 3.8) is 0 Å². The fourth-order valence-corrected chi connectivity index (χ4v) is 1.29. The molecule has 3 nitrogen and oxygen atoms in total. The molecule has 2 aromatic rings. The van der Waals surface area contributed by atoms with E-state index >= 15 is 0 Å². The Kier molecular flexibility index (Phi) is 1.83. The second kappa shape index (κ2) is 2.90. The zero-order valence-corrected chi connectivity index (χ0v) is 6.82. The highest BCUT2D eigenvalue weighted by molar-refractivity contribution is 5.46. The van der Waals surface area contributed by atoms with Gasteiger partial charge in [-0.3, -0.25) is 9.31 Å². The summed E-state index contributed by atoms with van der Waals surface area (Å²) in [5.74, 6) is -0.705. The van der Waals surface area contributed by atoms with Crippen molar-refractivity contribution in [3.05, 3.63) is 40.6 Å². The zero-order valence-electron chi connectivity index (χ0n) is 6.82. The average molecular weight is 202 g/mol. The van der Waals surface area contributed by atoms with Gasteiger partial charge in [-0.1, -0.05) is 0 Å². The normalized spacial score (nSPS) is 11.4. The molecule has 0 aromatic carbocycles. The van der Waals surface area contributed by atoms with Gasteiger partial charge in [0.05, 0.1) is 0 Å². The molecule has 0 spiro atoms. The minimum absolute atomic E-state index is 0.155. The van der Waals surface area contributed by atoms with E-state index in [9.17, 15) is 18.0 Å². The van der Waals surface area contributed by atoms with Crippen LogP contribution in [0.15, 0.2) is 29.2 Å². The number of halogens is 3. The van der Waals surface area contributed by atoms with Gasteiger partial charge >= 0.3 is 6.55 Å². The van der Waals surface area contributed by atoms with E-state index in [0.717, 1.165) is 16.6 Å². The Labute approximate surface area is 76.0 Å². The molecule has 2 rings (SSSR count). The Hall–Kier alpha value is -1.72. The summed E-state index contributed by atoms with van der Waals surface area (Å²) in [6.45, 7) is -2.98. The first kappa shape index (κ1) is 8.86. The maximum Gasteiger partial charge on any atom is 0.335 e. The summed E-state index contributed by atoms with van der Waals surface area (Å²) >= 11 is 0. The predicted molar refractivity (Wildman–Crippen MR) is 42.9 cm³/mol. The first-order chi connectivity index (χ1) is 6.61. The minimum Gasteiger partial charge on any atom is -0.268 e. The van der Waals surface area contributed by atoms with E-state index in [4.69, 9.17) is 0 Å². The Morgan fingerprint density at radius 2 is 2.07 bits per heavy atom. The topological polar surface area (TPSA) is 26.4 Å². The molecule has 0 aliphatic rings. The molecule has 0 bridgehead atoms. The number of hydrogen-bond acceptors (Lipinski definition) is 1. The summed E-state index contributed by atoms with van der Waals surface area (Å²) in [5, 5.41) is 0.